The Bertz CT molecular complexity index is 3800. The maximum Gasteiger partial charge on any atom is 0.155 e. The number of hydrogen-bond donors (Lipinski definition) is 0. The first-order chi connectivity index (χ1) is 33.7. The van der Waals surface area contributed by atoms with Gasteiger partial charge in [0.05, 0.1) is 28.2 Å². The van der Waals surface area contributed by atoms with Gasteiger partial charge in [0.2, 0.25) is 0 Å². The smallest absolute Gasteiger partial charge is 0.155 e. The van der Waals surface area contributed by atoms with E-state index >= 15 is 0 Å². The highest BCUT2D eigenvalue weighted by atomic mass is 15.1. The van der Waals surface area contributed by atoms with Crippen molar-refractivity contribution in [2.24, 2.45) is 15.9 Å². The molecule has 0 bridgehead atoms. The van der Waals surface area contributed by atoms with Crippen LogP contribution >= 0.6 is 0 Å². The lowest BCUT2D eigenvalue weighted by Gasteiger charge is -2.31. The molecule has 9 aromatic carbocycles. The Morgan fingerprint density at radius 2 is 1.00 bits per heavy atom. The Labute approximate surface area is 395 Å². The van der Waals surface area contributed by atoms with Crippen molar-refractivity contribution >= 4 is 28.2 Å². The largest absolute Gasteiger partial charge is 0.292 e. The van der Waals surface area contributed by atoms with Gasteiger partial charge >= 0.3 is 0 Å². The van der Waals surface area contributed by atoms with Crippen LogP contribution in [0.25, 0.3) is 67.1 Å². The van der Waals surface area contributed by atoms with E-state index < -0.39 is 5.41 Å². The van der Waals surface area contributed by atoms with Crippen LogP contribution < -0.4 is 0 Å². The van der Waals surface area contributed by atoms with Gasteiger partial charge in [-0.05, 0) is 109 Å². The predicted molar refractivity (Wildman–Crippen MR) is 278 cm³/mol. The molecule has 0 fully saturated rings. The van der Waals surface area contributed by atoms with Gasteiger partial charge in [0.15, 0.2) is 5.84 Å². The van der Waals surface area contributed by atoms with Crippen LogP contribution in [-0.4, -0.2) is 21.1 Å². The first-order valence-electron chi connectivity index (χ1n) is 23.5. The average Bonchev–Trinajstić information content (AvgIpc) is 4.06. The molecule has 14 rings (SSSR count). The van der Waals surface area contributed by atoms with Crippen LogP contribution in [0.3, 0.4) is 0 Å². The summed E-state index contributed by atoms with van der Waals surface area (Å²) in [6.07, 6.45) is 6.94. The molecule has 4 aliphatic rings. The third-order valence-electron chi connectivity index (χ3n) is 14.6. The Balaban J connectivity index is 0.937. The van der Waals surface area contributed by atoms with Gasteiger partial charge in [0.1, 0.15) is 5.82 Å². The van der Waals surface area contributed by atoms with Gasteiger partial charge in [-0.15, -0.1) is 0 Å². The quantitative estimate of drug-likeness (QED) is 0.164. The zero-order valence-corrected chi connectivity index (χ0v) is 37.0. The molecule has 0 amide bonds. The van der Waals surface area contributed by atoms with E-state index in [0.29, 0.717) is 0 Å². The third-order valence-corrected chi connectivity index (χ3v) is 14.6. The number of fused-ring (bicyclic) bond motifs is 12. The van der Waals surface area contributed by atoms with Gasteiger partial charge in [-0.25, -0.2) is 9.98 Å². The maximum atomic E-state index is 5.38. The standard InChI is InChI=1S/C64H42N4/c1-4-19-41(20-5-1)61-51-40-44(37-38-56(51)65-62(67-61)42-21-6-2-7-22-42)48-30-18-34-55-60(48)50-28-11-13-32-53(50)64(55)52-31-12-10-27-49(52)59-47(29-17-33-54(59)64)43-23-16-24-45(39-43)63-66-57-35-14-15-36-58(57)68(63)46-25-8-3-9-26-46/h1-40,51,61H. The SMILES string of the molecule is C1=CC2=NC(c3ccccc3)=NC(c3ccccc3)C2C=C1c1cccc2c1-c1ccccc1C21c2ccccc2-c2c(-c3cccc(-c4nc5ccccc5n4-c4ccccc4)c3)cccc21. The maximum absolute atomic E-state index is 5.38. The van der Waals surface area contributed by atoms with Crippen molar-refractivity contribution in [3.63, 3.8) is 0 Å². The van der Waals surface area contributed by atoms with Crippen molar-refractivity contribution in [3.8, 4) is 50.5 Å². The minimum Gasteiger partial charge on any atom is -0.292 e. The van der Waals surface area contributed by atoms with E-state index in [0.717, 1.165) is 50.8 Å². The van der Waals surface area contributed by atoms with Crippen LogP contribution in [0.1, 0.15) is 45.0 Å². The van der Waals surface area contributed by atoms with Gasteiger partial charge < -0.3 is 0 Å². The molecule has 318 valence electrons. The van der Waals surface area contributed by atoms with Crippen LogP contribution in [-0.2, 0) is 5.41 Å². The number of aromatic nitrogens is 2. The van der Waals surface area contributed by atoms with Gasteiger partial charge in [0, 0.05) is 22.7 Å². The van der Waals surface area contributed by atoms with Gasteiger partial charge in [0.25, 0.3) is 0 Å². The minimum absolute atomic E-state index is 0.0262. The molecule has 10 aromatic rings. The van der Waals surface area contributed by atoms with Crippen molar-refractivity contribution in [2.75, 3.05) is 0 Å². The van der Waals surface area contributed by atoms with E-state index in [-0.39, 0.29) is 12.0 Å². The number of amidine groups is 1. The summed E-state index contributed by atoms with van der Waals surface area (Å²) in [4.78, 5) is 15.8. The summed E-state index contributed by atoms with van der Waals surface area (Å²) < 4.78 is 2.29. The minimum atomic E-state index is -0.527. The van der Waals surface area contributed by atoms with E-state index in [9.17, 15) is 0 Å². The van der Waals surface area contributed by atoms with Crippen LogP contribution in [0.4, 0.5) is 0 Å². The van der Waals surface area contributed by atoms with Crippen molar-refractivity contribution in [2.45, 2.75) is 11.5 Å². The van der Waals surface area contributed by atoms with E-state index in [1.807, 2.05) is 6.07 Å². The number of imidazole rings is 1. The van der Waals surface area contributed by atoms with Crippen molar-refractivity contribution < 1.29 is 0 Å². The van der Waals surface area contributed by atoms with E-state index in [2.05, 4.69) is 241 Å². The van der Waals surface area contributed by atoms with E-state index in [4.69, 9.17) is 15.0 Å². The van der Waals surface area contributed by atoms with Gasteiger partial charge in [-0.3, -0.25) is 9.56 Å². The molecule has 0 N–H and O–H groups in total. The van der Waals surface area contributed by atoms with E-state index in [1.54, 1.807) is 0 Å². The number of rotatable bonds is 6. The van der Waals surface area contributed by atoms with Crippen LogP contribution in [0.5, 0.6) is 0 Å². The summed E-state index contributed by atoms with van der Waals surface area (Å²) in [7, 11) is 0. The fourth-order valence-corrected chi connectivity index (χ4v) is 11.8. The number of hydrogen-bond acceptors (Lipinski definition) is 3. The lowest BCUT2D eigenvalue weighted by atomic mass is 9.70. The lowest BCUT2D eigenvalue weighted by Crippen LogP contribution is -2.27. The molecule has 1 aliphatic heterocycles. The average molecular weight is 867 g/mol. The number of allylic oxidation sites excluding steroid dienone is 3. The highest BCUT2D eigenvalue weighted by Gasteiger charge is 2.52. The monoisotopic (exact) mass is 866 g/mol. The zero-order chi connectivity index (χ0) is 44.8. The van der Waals surface area contributed by atoms with Crippen LogP contribution in [0.2, 0.25) is 0 Å². The lowest BCUT2D eigenvalue weighted by molar-refractivity contribution is 0.642. The summed E-state index contributed by atoms with van der Waals surface area (Å²) in [6, 6.07) is 81.1. The van der Waals surface area contributed by atoms with Crippen molar-refractivity contribution in [1.82, 2.24) is 9.55 Å². The molecule has 68 heavy (non-hydrogen) atoms. The number of benzene rings is 9. The first-order valence-corrected chi connectivity index (χ1v) is 23.5. The Morgan fingerprint density at radius 3 is 1.75 bits per heavy atom. The summed E-state index contributed by atoms with van der Waals surface area (Å²) in [5, 5.41) is 0. The zero-order valence-electron chi connectivity index (χ0n) is 37.0. The molecule has 4 nitrogen and oxygen atoms in total. The number of para-hydroxylation sites is 3. The highest BCUT2D eigenvalue weighted by Crippen LogP contribution is 2.65. The summed E-state index contributed by atoms with van der Waals surface area (Å²) in [5.74, 6) is 1.67. The van der Waals surface area contributed by atoms with E-state index in [1.165, 1.54) is 66.8 Å². The van der Waals surface area contributed by atoms with Gasteiger partial charge in [-0.2, -0.15) is 0 Å². The fourth-order valence-electron chi connectivity index (χ4n) is 11.8. The molecule has 3 aliphatic carbocycles. The highest BCUT2D eigenvalue weighted by molar-refractivity contribution is 6.16. The Kier molecular flexibility index (Phi) is 8.59. The number of nitrogens with zero attached hydrogens (tertiary/aromatic N) is 4. The predicted octanol–water partition coefficient (Wildman–Crippen LogP) is 14.9. The van der Waals surface area contributed by atoms with Crippen LogP contribution in [0.15, 0.2) is 253 Å². The topological polar surface area (TPSA) is 42.5 Å². The first kappa shape index (κ1) is 38.5. The molecule has 3 unspecified atom stereocenters. The van der Waals surface area contributed by atoms with Crippen molar-refractivity contribution in [3.05, 3.63) is 282 Å². The Morgan fingerprint density at radius 1 is 0.441 bits per heavy atom. The summed E-state index contributed by atoms with van der Waals surface area (Å²) in [5.41, 5.74) is 22.1. The van der Waals surface area contributed by atoms with Crippen molar-refractivity contribution in [1.29, 1.82) is 0 Å². The second-order valence-electron chi connectivity index (χ2n) is 18.2. The normalized spacial score (nSPS) is 18.3. The number of aliphatic imine (C=N–C) groups is 2. The third kappa shape index (κ3) is 5.64. The molecular formula is C64H42N4. The molecule has 4 heteroatoms. The molecule has 0 saturated heterocycles. The molecule has 1 spiro atoms. The molecule has 1 aromatic heterocycles. The second kappa shape index (κ2) is 15.2. The molecule has 0 radical (unpaired) electrons. The van der Waals surface area contributed by atoms with Crippen LogP contribution in [0, 0.1) is 5.92 Å². The second-order valence-corrected chi connectivity index (χ2v) is 18.2. The summed E-state index contributed by atoms with van der Waals surface area (Å²) >= 11 is 0. The fraction of sp³-hybridized carbons (Fsp3) is 0.0469. The molecule has 0 saturated carbocycles. The Hall–Kier alpha value is -8.73. The van der Waals surface area contributed by atoms with Gasteiger partial charge in [-0.1, -0.05) is 206 Å². The molecule has 2 heterocycles. The molecule has 3 atom stereocenters. The molecular weight excluding hydrogens is 825 g/mol. The summed E-state index contributed by atoms with van der Waals surface area (Å²) in [6.45, 7) is 0.